The molecule has 1 aromatic carbocycles. The van der Waals surface area contributed by atoms with Gasteiger partial charge in [0.2, 0.25) is 0 Å². The van der Waals surface area contributed by atoms with E-state index in [1.54, 1.807) is 0 Å². The molecule has 0 aliphatic rings. The summed E-state index contributed by atoms with van der Waals surface area (Å²) in [6.45, 7) is 4.94. The number of nitrogens with two attached hydrogens (primary N) is 1. The molecule has 0 saturated heterocycles. The van der Waals surface area contributed by atoms with Gasteiger partial charge >= 0.3 is 0 Å². The van der Waals surface area contributed by atoms with E-state index in [4.69, 9.17) is 5.73 Å². The van der Waals surface area contributed by atoms with Crippen LogP contribution in [0.2, 0.25) is 0 Å². The van der Waals surface area contributed by atoms with E-state index in [1.807, 2.05) is 4.68 Å². The number of fused-ring (bicyclic) bond motifs is 1. The minimum Gasteiger partial charge on any atom is -0.330 e. The molecule has 3 heteroatoms. The predicted molar refractivity (Wildman–Crippen MR) is 62.9 cm³/mol. The number of aromatic nitrogens is 2. The van der Waals surface area contributed by atoms with E-state index >= 15 is 0 Å². The van der Waals surface area contributed by atoms with Crippen LogP contribution < -0.4 is 5.73 Å². The number of hydrogen-bond acceptors (Lipinski definition) is 2. The molecule has 2 aromatic rings. The van der Waals surface area contributed by atoms with Gasteiger partial charge in [-0.3, -0.25) is 4.68 Å². The second-order valence-electron chi connectivity index (χ2n) is 4.10. The van der Waals surface area contributed by atoms with Gasteiger partial charge in [-0.25, -0.2) is 0 Å². The molecule has 0 spiro atoms. The maximum absolute atomic E-state index is 5.58. The number of rotatable bonds is 3. The first-order valence-electron chi connectivity index (χ1n) is 5.39. The quantitative estimate of drug-likeness (QED) is 0.830. The topological polar surface area (TPSA) is 43.8 Å². The minimum atomic E-state index is 0.406. The van der Waals surface area contributed by atoms with Crippen LogP contribution in [-0.4, -0.2) is 16.3 Å². The zero-order valence-electron chi connectivity index (χ0n) is 9.27. The number of hydrogen-bond donors (Lipinski definition) is 1. The van der Waals surface area contributed by atoms with Gasteiger partial charge in [0, 0.05) is 17.6 Å². The van der Waals surface area contributed by atoms with Gasteiger partial charge in [0.1, 0.15) is 0 Å². The molecule has 2 rings (SSSR count). The lowest BCUT2D eigenvalue weighted by Crippen LogP contribution is -2.04. The third kappa shape index (κ3) is 1.88. The largest absolute Gasteiger partial charge is 0.330 e. The first-order valence-corrected chi connectivity index (χ1v) is 5.39. The van der Waals surface area contributed by atoms with Crippen LogP contribution in [-0.2, 0) is 6.42 Å². The van der Waals surface area contributed by atoms with Crippen molar-refractivity contribution in [1.82, 2.24) is 9.78 Å². The molecule has 15 heavy (non-hydrogen) atoms. The summed E-state index contributed by atoms with van der Waals surface area (Å²) in [5.41, 5.74) is 7.92. The normalized spacial score (nSPS) is 11.5. The molecule has 80 valence electrons. The van der Waals surface area contributed by atoms with Crippen molar-refractivity contribution in [3.63, 3.8) is 0 Å². The van der Waals surface area contributed by atoms with Gasteiger partial charge in [-0.2, -0.15) is 5.10 Å². The number of nitrogens with zero attached hydrogens (tertiary/aromatic N) is 2. The average molecular weight is 203 g/mol. The molecule has 0 radical (unpaired) electrons. The molecule has 2 N–H and O–H groups in total. The summed E-state index contributed by atoms with van der Waals surface area (Å²) in [5.74, 6) is 0. The van der Waals surface area contributed by atoms with Gasteiger partial charge in [0.25, 0.3) is 0 Å². The molecule has 0 fully saturated rings. The van der Waals surface area contributed by atoms with Crippen LogP contribution in [0.25, 0.3) is 10.9 Å². The number of benzene rings is 1. The highest BCUT2D eigenvalue weighted by atomic mass is 15.3. The van der Waals surface area contributed by atoms with E-state index in [0.717, 1.165) is 11.9 Å². The lowest BCUT2D eigenvalue weighted by atomic mass is 10.1. The molecule has 3 nitrogen and oxygen atoms in total. The molecule has 1 heterocycles. The van der Waals surface area contributed by atoms with E-state index in [2.05, 4.69) is 43.3 Å². The van der Waals surface area contributed by atoms with E-state index in [-0.39, 0.29) is 0 Å². The molecule has 0 atom stereocenters. The minimum absolute atomic E-state index is 0.406. The van der Waals surface area contributed by atoms with Gasteiger partial charge in [-0.1, -0.05) is 18.2 Å². The van der Waals surface area contributed by atoms with E-state index in [0.29, 0.717) is 12.6 Å². The fourth-order valence-electron chi connectivity index (χ4n) is 1.75. The van der Waals surface area contributed by atoms with Gasteiger partial charge in [0.05, 0.1) is 5.52 Å². The van der Waals surface area contributed by atoms with Crippen LogP contribution >= 0.6 is 0 Å². The Morgan fingerprint density at radius 2 is 2.20 bits per heavy atom. The lowest BCUT2D eigenvalue weighted by Gasteiger charge is -2.03. The third-order valence-electron chi connectivity index (χ3n) is 2.58. The van der Waals surface area contributed by atoms with Crippen molar-refractivity contribution in [1.29, 1.82) is 0 Å². The second-order valence-corrected chi connectivity index (χ2v) is 4.10. The summed E-state index contributed by atoms with van der Waals surface area (Å²) in [6.07, 6.45) is 2.99. The molecule has 1 aromatic heterocycles. The van der Waals surface area contributed by atoms with Crippen molar-refractivity contribution in [2.45, 2.75) is 26.3 Å². The lowest BCUT2D eigenvalue weighted by molar-refractivity contribution is 0.537. The zero-order chi connectivity index (χ0) is 10.8. The molecule has 0 saturated carbocycles. The summed E-state index contributed by atoms with van der Waals surface area (Å²) in [5, 5.41) is 5.80. The van der Waals surface area contributed by atoms with Crippen LogP contribution in [0.3, 0.4) is 0 Å². The van der Waals surface area contributed by atoms with Crippen molar-refractivity contribution < 1.29 is 0 Å². The van der Waals surface area contributed by atoms with Crippen LogP contribution in [0.4, 0.5) is 0 Å². The Balaban J connectivity index is 2.54. The Hall–Kier alpha value is -1.35. The van der Waals surface area contributed by atoms with Crippen LogP contribution in [0, 0.1) is 0 Å². The second kappa shape index (κ2) is 4.03. The van der Waals surface area contributed by atoms with Crippen molar-refractivity contribution in [3.05, 3.63) is 30.0 Å². The van der Waals surface area contributed by atoms with Crippen molar-refractivity contribution in [3.8, 4) is 0 Å². The summed E-state index contributed by atoms with van der Waals surface area (Å²) in [6, 6.07) is 6.68. The zero-order valence-corrected chi connectivity index (χ0v) is 9.27. The summed E-state index contributed by atoms with van der Waals surface area (Å²) in [4.78, 5) is 0. The van der Waals surface area contributed by atoms with Crippen molar-refractivity contribution in [2.75, 3.05) is 6.54 Å². The molecular weight excluding hydrogens is 186 g/mol. The average Bonchev–Trinajstić information content (AvgIpc) is 2.63. The van der Waals surface area contributed by atoms with Gasteiger partial charge in [0.15, 0.2) is 0 Å². The maximum Gasteiger partial charge on any atom is 0.0955 e. The van der Waals surface area contributed by atoms with Gasteiger partial charge in [-0.15, -0.1) is 0 Å². The Bertz CT molecular complexity index is 457. The van der Waals surface area contributed by atoms with Crippen molar-refractivity contribution in [2.24, 2.45) is 5.73 Å². The molecular formula is C12H17N3. The Morgan fingerprint density at radius 3 is 2.87 bits per heavy atom. The first kappa shape index (κ1) is 10.2. The van der Waals surface area contributed by atoms with Crippen LogP contribution in [0.1, 0.15) is 25.5 Å². The van der Waals surface area contributed by atoms with E-state index in [9.17, 15) is 0 Å². The highest BCUT2D eigenvalue weighted by Gasteiger charge is 2.06. The van der Waals surface area contributed by atoms with E-state index < -0.39 is 0 Å². The van der Waals surface area contributed by atoms with Crippen molar-refractivity contribution >= 4 is 10.9 Å². The van der Waals surface area contributed by atoms with E-state index in [1.165, 1.54) is 10.9 Å². The molecule has 0 bridgehead atoms. The third-order valence-corrected chi connectivity index (χ3v) is 2.58. The smallest absolute Gasteiger partial charge is 0.0955 e. The van der Waals surface area contributed by atoms with Crippen LogP contribution in [0.5, 0.6) is 0 Å². The predicted octanol–water partition coefficient (Wildman–Crippen LogP) is 2.12. The molecule has 0 amide bonds. The Labute approximate surface area is 89.9 Å². The fraction of sp³-hybridized carbons (Fsp3) is 0.417. The first-order chi connectivity index (χ1) is 7.22. The summed E-state index contributed by atoms with van der Waals surface area (Å²) in [7, 11) is 0. The summed E-state index contributed by atoms with van der Waals surface area (Å²) < 4.78 is 2.00. The van der Waals surface area contributed by atoms with Crippen LogP contribution in [0.15, 0.2) is 24.4 Å². The Kier molecular flexibility index (Phi) is 2.73. The van der Waals surface area contributed by atoms with Gasteiger partial charge < -0.3 is 5.73 Å². The fourth-order valence-corrected chi connectivity index (χ4v) is 1.75. The Morgan fingerprint density at radius 1 is 1.40 bits per heavy atom. The molecule has 0 unspecified atom stereocenters. The monoisotopic (exact) mass is 203 g/mol. The van der Waals surface area contributed by atoms with Gasteiger partial charge in [-0.05, 0) is 32.4 Å². The SMILES string of the molecule is CC(C)n1cc2cccc(CCN)c2n1. The molecule has 0 aliphatic carbocycles. The highest BCUT2D eigenvalue weighted by molar-refractivity contribution is 5.81. The standard InChI is InChI=1S/C12H17N3/c1-9(2)15-8-11-5-3-4-10(6-7-13)12(11)14-15/h3-5,8-9H,6-7,13H2,1-2H3. The maximum atomic E-state index is 5.58. The summed E-state index contributed by atoms with van der Waals surface area (Å²) >= 11 is 0. The highest BCUT2D eigenvalue weighted by Crippen LogP contribution is 2.19. The molecule has 0 aliphatic heterocycles.